The number of carboxylic acid groups (broad SMARTS) is 1. The molecule has 1 aromatic carbocycles. The van der Waals surface area contributed by atoms with Crippen LogP contribution in [0.25, 0.3) is 38.7 Å². The Labute approximate surface area is 241 Å². The van der Waals surface area contributed by atoms with Gasteiger partial charge in [-0.1, -0.05) is 0 Å². The highest BCUT2D eigenvalue weighted by atomic mass is 19.3. The molecule has 43 heavy (non-hydrogen) atoms. The van der Waals surface area contributed by atoms with Gasteiger partial charge >= 0.3 is 5.97 Å². The summed E-state index contributed by atoms with van der Waals surface area (Å²) in [5.74, 6) is -3.51. The van der Waals surface area contributed by atoms with Crippen LogP contribution >= 0.6 is 0 Å². The number of nitrogens with one attached hydrogen (secondary N) is 2. The van der Waals surface area contributed by atoms with Crippen molar-refractivity contribution in [2.24, 2.45) is 5.92 Å². The summed E-state index contributed by atoms with van der Waals surface area (Å²) in [6, 6.07) is 4.29. The maximum atomic E-state index is 15.6. The molecule has 0 saturated carbocycles. The molecule has 4 aromatic heterocycles. The van der Waals surface area contributed by atoms with Crippen molar-refractivity contribution >= 4 is 44.9 Å². The smallest absolute Gasteiger partial charge is 0.342 e. The van der Waals surface area contributed by atoms with E-state index in [0.717, 1.165) is 16.7 Å². The molecule has 0 bridgehead atoms. The first kappa shape index (κ1) is 28.4. The number of rotatable bonds is 8. The number of alkyl halides is 2. The molecule has 1 aliphatic heterocycles. The van der Waals surface area contributed by atoms with Crippen LogP contribution in [0.2, 0.25) is 0 Å². The SMILES string of the molecule is CNc1cc(F)c(F)c2c1[nH]c1ncc(-c3ccc4ncc(C(=O)O)c(=O)n4c3)c(N3CCC(CN(C)CC(F)F)C3)c12. The lowest BCUT2D eigenvalue weighted by atomic mass is 10.0. The number of hydrogen-bond acceptors (Lipinski definition) is 7. The molecule has 0 aliphatic carbocycles. The third-order valence-electron chi connectivity index (χ3n) is 7.90. The fraction of sp³-hybridized carbons (Fsp3) is 0.310. The fourth-order valence-corrected chi connectivity index (χ4v) is 6.00. The zero-order chi connectivity index (χ0) is 30.6. The number of benzene rings is 1. The van der Waals surface area contributed by atoms with Gasteiger partial charge in [0, 0.05) is 62.5 Å². The second-order valence-electron chi connectivity index (χ2n) is 10.7. The zero-order valence-electron chi connectivity index (χ0n) is 23.2. The van der Waals surface area contributed by atoms with Crippen LogP contribution < -0.4 is 15.8 Å². The molecular formula is C29H27F4N7O3. The summed E-state index contributed by atoms with van der Waals surface area (Å²) in [7, 11) is 3.22. The molecule has 3 N–H and O–H groups in total. The van der Waals surface area contributed by atoms with E-state index < -0.39 is 35.2 Å². The Kier molecular flexibility index (Phi) is 7.16. The summed E-state index contributed by atoms with van der Waals surface area (Å²) in [6.07, 6.45) is 2.19. The molecule has 6 rings (SSSR count). The Hall–Kier alpha value is -4.72. The molecule has 1 fully saturated rings. The first-order chi connectivity index (χ1) is 20.6. The number of halogens is 4. The largest absolute Gasteiger partial charge is 0.477 e. The number of aromatic carboxylic acids is 1. The van der Waals surface area contributed by atoms with Gasteiger partial charge in [-0.05, 0) is 31.5 Å². The molecule has 0 spiro atoms. The van der Waals surface area contributed by atoms with E-state index in [2.05, 4.69) is 20.3 Å². The number of aromatic nitrogens is 4. The molecule has 10 nitrogen and oxygen atoms in total. The minimum atomic E-state index is -2.47. The maximum absolute atomic E-state index is 15.6. The molecule has 5 aromatic rings. The van der Waals surface area contributed by atoms with Crippen molar-refractivity contribution in [1.29, 1.82) is 0 Å². The lowest BCUT2D eigenvalue weighted by Gasteiger charge is -2.25. The van der Waals surface area contributed by atoms with Crippen molar-refractivity contribution in [1.82, 2.24) is 24.3 Å². The number of pyridine rings is 2. The number of hydrogen-bond donors (Lipinski definition) is 3. The van der Waals surface area contributed by atoms with Crippen LogP contribution in [0, 0.1) is 17.6 Å². The maximum Gasteiger partial charge on any atom is 0.342 e. The van der Waals surface area contributed by atoms with Crippen LogP contribution in [-0.4, -0.2) is 82.0 Å². The zero-order valence-corrected chi connectivity index (χ0v) is 23.2. The molecule has 0 amide bonds. The average molecular weight is 598 g/mol. The summed E-state index contributed by atoms with van der Waals surface area (Å²) in [4.78, 5) is 39.8. The van der Waals surface area contributed by atoms with E-state index in [1.807, 2.05) is 4.90 Å². The lowest BCUT2D eigenvalue weighted by molar-refractivity contribution is 0.0694. The first-order valence-corrected chi connectivity index (χ1v) is 13.5. The summed E-state index contributed by atoms with van der Waals surface area (Å²) in [5, 5.41) is 12.6. The molecule has 14 heteroatoms. The quantitative estimate of drug-likeness (QED) is 0.225. The fourth-order valence-electron chi connectivity index (χ4n) is 6.00. The van der Waals surface area contributed by atoms with Gasteiger partial charge in [-0.3, -0.25) is 9.20 Å². The van der Waals surface area contributed by atoms with Gasteiger partial charge in [-0.2, -0.15) is 0 Å². The van der Waals surface area contributed by atoms with Gasteiger partial charge in [-0.15, -0.1) is 0 Å². The predicted molar refractivity (Wildman–Crippen MR) is 154 cm³/mol. The Bertz CT molecular complexity index is 1960. The molecule has 5 heterocycles. The normalized spacial score (nSPS) is 15.5. The van der Waals surface area contributed by atoms with Gasteiger partial charge in [0.05, 0.1) is 34.2 Å². The van der Waals surface area contributed by atoms with E-state index in [-0.39, 0.29) is 23.5 Å². The monoisotopic (exact) mass is 597 g/mol. The van der Waals surface area contributed by atoms with Crippen LogP contribution in [0.1, 0.15) is 16.8 Å². The van der Waals surface area contributed by atoms with E-state index in [1.54, 1.807) is 37.3 Å². The number of anilines is 2. The Morgan fingerprint density at radius 2 is 2.02 bits per heavy atom. The summed E-state index contributed by atoms with van der Waals surface area (Å²) in [5.41, 5.74) is 1.36. The molecule has 0 radical (unpaired) electrons. The molecule has 1 saturated heterocycles. The summed E-state index contributed by atoms with van der Waals surface area (Å²) >= 11 is 0. The van der Waals surface area contributed by atoms with Crippen LogP contribution in [0.15, 0.2) is 41.6 Å². The average Bonchev–Trinajstić information content (AvgIpc) is 3.59. The van der Waals surface area contributed by atoms with E-state index >= 15 is 4.39 Å². The van der Waals surface area contributed by atoms with Crippen LogP contribution in [0.4, 0.5) is 28.9 Å². The van der Waals surface area contributed by atoms with Gasteiger partial charge in [0.15, 0.2) is 11.6 Å². The van der Waals surface area contributed by atoms with Gasteiger partial charge < -0.3 is 25.2 Å². The number of carboxylic acids is 1. The third-order valence-corrected chi connectivity index (χ3v) is 7.90. The highest BCUT2D eigenvalue weighted by Gasteiger charge is 2.30. The Balaban J connectivity index is 1.58. The molecule has 1 aliphatic rings. The number of aromatic amines is 1. The molecular weight excluding hydrogens is 570 g/mol. The van der Waals surface area contributed by atoms with Crippen LogP contribution in [-0.2, 0) is 0 Å². The topological polar surface area (TPSA) is 119 Å². The Morgan fingerprint density at radius 3 is 2.74 bits per heavy atom. The predicted octanol–water partition coefficient (Wildman–Crippen LogP) is 4.43. The van der Waals surface area contributed by atoms with Gasteiger partial charge in [-0.25, -0.2) is 32.3 Å². The Morgan fingerprint density at radius 1 is 1.23 bits per heavy atom. The number of nitrogens with zero attached hydrogens (tertiary/aromatic N) is 5. The van der Waals surface area contributed by atoms with Gasteiger partial charge in [0.1, 0.15) is 16.9 Å². The van der Waals surface area contributed by atoms with Crippen molar-refractivity contribution in [2.75, 3.05) is 50.5 Å². The standard InChI is InChI=1S/C29H27F4N7O3/c1-34-19-7-18(30)24(33)22-23-26(39-6-5-14(11-39)10-38(2)13-20(31)32)16(8-36-27(23)37-25(19)22)15-3-4-21-35-9-17(29(42)43)28(41)40(21)12-15/h3-4,7-9,12,14,20,34H,5-6,10-11,13H2,1-2H3,(H,36,37)(H,42,43). The lowest BCUT2D eigenvalue weighted by Crippen LogP contribution is -2.31. The summed E-state index contributed by atoms with van der Waals surface area (Å²) in [6.45, 7) is 1.000. The van der Waals surface area contributed by atoms with Crippen LogP contribution in [0.3, 0.4) is 0 Å². The minimum absolute atomic E-state index is 0.00486. The van der Waals surface area contributed by atoms with Crippen molar-refractivity contribution < 1.29 is 27.5 Å². The first-order valence-electron chi connectivity index (χ1n) is 13.5. The number of H-pyrrole nitrogens is 1. The van der Waals surface area contributed by atoms with E-state index in [1.165, 1.54) is 6.20 Å². The van der Waals surface area contributed by atoms with Crippen molar-refractivity contribution in [3.05, 3.63) is 64.3 Å². The third kappa shape index (κ3) is 4.90. The second-order valence-corrected chi connectivity index (χ2v) is 10.7. The molecule has 224 valence electrons. The highest BCUT2D eigenvalue weighted by molar-refractivity contribution is 6.18. The number of fused-ring (bicyclic) bond motifs is 4. The van der Waals surface area contributed by atoms with Crippen LogP contribution in [0.5, 0.6) is 0 Å². The van der Waals surface area contributed by atoms with Crippen molar-refractivity contribution in [3.63, 3.8) is 0 Å². The summed E-state index contributed by atoms with van der Waals surface area (Å²) < 4.78 is 57.5. The van der Waals surface area contributed by atoms with E-state index in [9.17, 15) is 27.9 Å². The van der Waals surface area contributed by atoms with Crippen molar-refractivity contribution in [3.8, 4) is 11.1 Å². The highest BCUT2D eigenvalue weighted by Crippen LogP contribution is 2.44. The van der Waals surface area contributed by atoms with Gasteiger partial charge in [0.2, 0.25) is 0 Å². The van der Waals surface area contributed by atoms with Crippen molar-refractivity contribution in [2.45, 2.75) is 12.8 Å². The van der Waals surface area contributed by atoms with Gasteiger partial charge in [0.25, 0.3) is 12.0 Å². The molecule has 1 atom stereocenters. The van der Waals surface area contributed by atoms with E-state index in [4.69, 9.17) is 0 Å². The van der Waals surface area contributed by atoms with E-state index in [0.29, 0.717) is 65.1 Å². The number of carbonyl (C=O) groups is 1. The second kappa shape index (κ2) is 10.8. The minimum Gasteiger partial charge on any atom is -0.477 e. The molecule has 1 unspecified atom stereocenters.